The number of nitrogens with one attached hydrogen (secondary N) is 1. The summed E-state index contributed by atoms with van der Waals surface area (Å²) in [5.41, 5.74) is 6.05. The van der Waals surface area contributed by atoms with E-state index in [1.54, 1.807) is 14.2 Å². The summed E-state index contributed by atoms with van der Waals surface area (Å²) >= 11 is 6.46. The summed E-state index contributed by atoms with van der Waals surface area (Å²) in [6, 6.07) is 8.57. The van der Waals surface area contributed by atoms with E-state index in [9.17, 15) is 0 Å². The summed E-state index contributed by atoms with van der Waals surface area (Å²) in [5, 5.41) is 4.32. The molecule has 0 spiro atoms. The molecule has 0 aromatic heterocycles. The molecule has 2 aliphatic rings. The number of halogens is 1. The summed E-state index contributed by atoms with van der Waals surface area (Å²) in [7, 11) is 3.24. The molecule has 1 N–H and O–H groups in total. The third-order valence-corrected chi connectivity index (χ3v) is 5.78. The lowest BCUT2D eigenvalue weighted by Gasteiger charge is -2.37. The van der Waals surface area contributed by atoms with E-state index in [0.29, 0.717) is 22.4 Å². The van der Waals surface area contributed by atoms with Crippen molar-refractivity contribution < 1.29 is 14.2 Å². The van der Waals surface area contributed by atoms with Crippen LogP contribution in [0.5, 0.6) is 11.5 Å². The van der Waals surface area contributed by atoms with Crippen molar-refractivity contribution >= 4 is 17.3 Å². The van der Waals surface area contributed by atoms with Crippen molar-refractivity contribution in [1.29, 1.82) is 0 Å². The van der Waals surface area contributed by atoms with Crippen molar-refractivity contribution in [3.63, 3.8) is 0 Å². The molecule has 4 nitrogen and oxygen atoms in total. The molecule has 1 fully saturated rings. The van der Waals surface area contributed by atoms with E-state index in [1.165, 1.54) is 22.4 Å². The van der Waals surface area contributed by atoms with Gasteiger partial charge < -0.3 is 19.5 Å². The summed E-state index contributed by atoms with van der Waals surface area (Å²) < 4.78 is 17.0. The Hall–Kier alpha value is -1.91. The van der Waals surface area contributed by atoms with E-state index in [4.69, 9.17) is 25.8 Å². The maximum Gasteiger partial charge on any atom is 0.179 e. The first kappa shape index (κ1) is 17.5. The van der Waals surface area contributed by atoms with Crippen LogP contribution < -0.4 is 14.8 Å². The van der Waals surface area contributed by atoms with Gasteiger partial charge in [-0.15, -0.1) is 0 Å². The van der Waals surface area contributed by atoms with E-state index in [1.807, 2.05) is 12.1 Å². The number of benzene rings is 2. The fraction of sp³-hybridized carbons (Fsp3) is 0.429. The first-order chi connectivity index (χ1) is 12.5. The number of rotatable bonds is 3. The Labute approximate surface area is 159 Å². The van der Waals surface area contributed by atoms with Gasteiger partial charge in [0.2, 0.25) is 0 Å². The number of fused-ring (bicyclic) bond motifs is 3. The minimum Gasteiger partial charge on any atom is -0.493 e. The first-order valence-electron chi connectivity index (χ1n) is 8.94. The van der Waals surface area contributed by atoms with E-state index in [2.05, 4.69) is 31.3 Å². The Bertz CT molecular complexity index is 852. The molecule has 0 amide bonds. The molecule has 2 aromatic carbocycles. The molecule has 2 heterocycles. The molecule has 0 saturated carbocycles. The highest BCUT2D eigenvalue weighted by atomic mass is 35.5. The number of methoxy groups -OCH3 is 2. The van der Waals surface area contributed by atoms with Crippen LogP contribution in [0.2, 0.25) is 5.02 Å². The molecule has 26 heavy (non-hydrogen) atoms. The maximum atomic E-state index is 6.46. The van der Waals surface area contributed by atoms with Crippen LogP contribution >= 0.6 is 11.6 Å². The van der Waals surface area contributed by atoms with Gasteiger partial charge in [-0.1, -0.05) is 29.3 Å². The highest BCUT2D eigenvalue weighted by molar-refractivity contribution is 6.32. The van der Waals surface area contributed by atoms with Gasteiger partial charge in [0, 0.05) is 23.8 Å². The second kappa shape index (κ2) is 6.67. The number of hydrogen-bond acceptors (Lipinski definition) is 4. The number of aryl methyl sites for hydroxylation is 2. The SMILES string of the molecule is COc1cc([C@H]2Nc3c(C)cc(C)cc3[C@H]3OCC[C@@H]23)cc(Cl)c1OC. The van der Waals surface area contributed by atoms with Gasteiger partial charge in [-0.3, -0.25) is 0 Å². The van der Waals surface area contributed by atoms with E-state index >= 15 is 0 Å². The van der Waals surface area contributed by atoms with Crippen molar-refractivity contribution in [3.05, 3.63) is 51.5 Å². The number of anilines is 1. The zero-order valence-electron chi connectivity index (χ0n) is 15.6. The van der Waals surface area contributed by atoms with Crippen molar-refractivity contribution in [1.82, 2.24) is 0 Å². The van der Waals surface area contributed by atoms with Crippen LogP contribution in [0, 0.1) is 19.8 Å². The Kier molecular flexibility index (Phi) is 4.49. The first-order valence-corrected chi connectivity index (χ1v) is 9.32. The summed E-state index contributed by atoms with van der Waals surface area (Å²) in [5.74, 6) is 1.58. The number of ether oxygens (including phenoxy) is 3. The van der Waals surface area contributed by atoms with Crippen LogP contribution in [-0.2, 0) is 4.74 Å². The fourth-order valence-electron chi connectivity index (χ4n) is 4.40. The van der Waals surface area contributed by atoms with Crippen molar-refractivity contribution in [3.8, 4) is 11.5 Å². The molecular weight excluding hydrogens is 350 g/mol. The molecule has 0 bridgehead atoms. The highest BCUT2D eigenvalue weighted by Gasteiger charge is 2.42. The topological polar surface area (TPSA) is 39.7 Å². The third-order valence-electron chi connectivity index (χ3n) is 5.50. The molecule has 0 unspecified atom stereocenters. The molecule has 138 valence electrons. The van der Waals surface area contributed by atoms with Gasteiger partial charge >= 0.3 is 0 Å². The van der Waals surface area contributed by atoms with Crippen LogP contribution in [0.4, 0.5) is 5.69 Å². The van der Waals surface area contributed by atoms with Crippen molar-refractivity contribution in [2.45, 2.75) is 32.4 Å². The van der Waals surface area contributed by atoms with Crippen molar-refractivity contribution in [2.75, 3.05) is 26.1 Å². The Balaban J connectivity index is 1.82. The van der Waals surface area contributed by atoms with Gasteiger partial charge in [0.15, 0.2) is 11.5 Å². The maximum absolute atomic E-state index is 6.46. The Morgan fingerprint density at radius 1 is 1.12 bits per heavy atom. The summed E-state index contributed by atoms with van der Waals surface area (Å²) in [4.78, 5) is 0. The van der Waals surface area contributed by atoms with Crippen molar-refractivity contribution in [2.24, 2.45) is 5.92 Å². The number of hydrogen-bond donors (Lipinski definition) is 1. The zero-order valence-corrected chi connectivity index (χ0v) is 16.3. The zero-order chi connectivity index (χ0) is 18.4. The van der Waals surface area contributed by atoms with Gasteiger partial charge in [-0.25, -0.2) is 0 Å². The predicted octanol–water partition coefficient (Wildman–Crippen LogP) is 5.22. The molecule has 2 aliphatic heterocycles. The quantitative estimate of drug-likeness (QED) is 0.800. The Morgan fingerprint density at radius 2 is 1.92 bits per heavy atom. The fourth-order valence-corrected chi connectivity index (χ4v) is 4.70. The van der Waals surface area contributed by atoms with Crippen LogP contribution in [0.3, 0.4) is 0 Å². The molecule has 2 aromatic rings. The van der Waals surface area contributed by atoms with Gasteiger partial charge in [0.25, 0.3) is 0 Å². The lowest BCUT2D eigenvalue weighted by atomic mass is 9.79. The monoisotopic (exact) mass is 373 g/mol. The minimum absolute atomic E-state index is 0.113. The van der Waals surface area contributed by atoms with Crippen LogP contribution in [0.1, 0.15) is 40.8 Å². The molecule has 0 aliphatic carbocycles. The highest BCUT2D eigenvalue weighted by Crippen LogP contribution is 2.52. The second-order valence-corrected chi connectivity index (χ2v) is 7.56. The molecule has 3 atom stereocenters. The molecule has 1 saturated heterocycles. The molecular formula is C21H24ClNO3. The molecule has 4 rings (SSSR count). The van der Waals surface area contributed by atoms with E-state index < -0.39 is 0 Å². The van der Waals surface area contributed by atoms with Crippen LogP contribution in [0.25, 0.3) is 0 Å². The summed E-state index contributed by atoms with van der Waals surface area (Å²) in [6.45, 7) is 5.06. The lowest BCUT2D eigenvalue weighted by molar-refractivity contribution is 0.0828. The molecule has 5 heteroatoms. The normalized spacial score (nSPS) is 23.8. The van der Waals surface area contributed by atoms with Crippen LogP contribution in [0.15, 0.2) is 24.3 Å². The van der Waals surface area contributed by atoms with Crippen LogP contribution in [-0.4, -0.2) is 20.8 Å². The Morgan fingerprint density at radius 3 is 2.65 bits per heavy atom. The smallest absolute Gasteiger partial charge is 0.179 e. The van der Waals surface area contributed by atoms with Gasteiger partial charge in [0.1, 0.15) is 0 Å². The standard InChI is InChI=1S/C21H24ClNO3/c1-11-7-12(2)18-15(8-11)20-14(5-6-26-20)19(23-18)13-9-16(22)21(25-4)17(10-13)24-3/h7-10,14,19-20,23H,5-6H2,1-4H3/t14-,19+,20-/m0/s1. The minimum atomic E-state index is 0.113. The van der Waals surface area contributed by atoms with Gasteiger partial charge in [-0.05, 0) is 43.5 Å². The van der Waals surface area contributed by atoms with Gasteiger partial charge in [-0.2, -0.15) is 0 Å². The summed E-state index contributed by atoms with van der Waals surface area (Å²) in [6.07, 6.45) is 1.13. The van der Waals surface area contributed by atoms with E-state index in [-0.39, 0.29) is 12.1 Å². The average molecular weight is 374 g/mol. The largest absolute Gasteiger partial charge is 0.493 e. The average Bonchev–Trinajstić information content (AvgIpc) is 3.10. The third kappa shape index (κ3) is 2.72. The second-order valence-electron chi connectivity index (χ2n) is 7.15. The predicted molar refractivity (Wildman–Crippen MR) is 104 cm³/mol. The lowest BCUT2D eigenvalue weighted by Crippen LogP contribution is -2.30. The molecule has 0 radical (unpaired) electrons. The van der Waals surface area contributed by atoms with Gasteiger partial charge in [0.05, 0.1) is 31.4 Å². The van der Waals surface area contributed by atoms with E-state index in [0.717, 1.165) is 18.6 Å².